The van der Waals surface area contributed by atoms with Crippen molar-refractivity contribution in [1.82, 2.24) is 9.97 Å². The van der Waals surface area contributed by atoms with Crippen molar-refractivity contribution in [3.63, 3.8) is 0 Å². The number of carboxylic acid groups (broad SMARTS) is 1. The van der Waals surface area contributed by atoms with E-state index in [2.05, 4.69) is 9.97 Å². The molecule has 1 aromatic carbocycles. The van der Waals surface area contributed by atoms with Gasteiger partial charge in [0.15, 0.2) is 17.3 Å². The van der Waals surface area contributed by atoms with Gasteiger partial charge in [-0.1, -0.05) is 11.6 Å². The van der Waals surface area contributed by atoms with E-state index in [-0.39, 0.29) is 10.6 Å². The fraction of sp³-hybridized carbons (Fsp3) is 0. The minimum Gasteiger partial charge on any atom is -0.477 e. The molecule has 0 aliphatic carbocycles. The Bertz CT molecular complexity index is 685. The summed E-state index contributed by atoms with van der Waals surface area (Å²) < 4.78 is 26.0. The van der Waals surface area contributed by atoms with Crippen LogP contribution in [0.1, 0.15) is 26.5 Å². The van der Waals surface area contributed by atoms with Gasteiger partial charge in [0.1, 0.15) is 5.69 Å². The number of aromatic amines is 1. The van der Waals surface area contributed by atoms with E-state index in [0.29, 0.717) is 12.1 Å². The van der Waals surface area contributed by atoms with E-state index >= 15 is 0 Å². The number of H-pyrrole nitrogens is 1. The first-order valence-corrected chi connectivity index (χ1v) is 5.25. The molecule has 0 saturated carbocycles. The van der Waals surface area contributed by atoms with Crippen LogP contribution >= 0.6 is 11.6 Å². The second-order valence-corrected chi connectivity index (χ2v) is 3.91. The van der Waals surface area contributed by atoms with Crippen molar-refractivity contribution in [2.75, 3.05) is 0 Å². The number of carboxylic acids is 1. The summed E-state index contributed by atoms with van der Waals surface area (Å²) in [5.41, 5.74) is -1.25. The maximum absolute atomic E-state index is 13.1. The highest BCUT2D eigenvalue weighted by Gasteiger charge is 2.24. The van der Waals surface area contributed by atoms with Gasteiger partial charge < -0.3 is 10.1 Å². The van der Waals surface area contributed by atoms with Crippen LogP contribution in [0.15, 0.2) is 18.5 Å². The molecule has 0 unspecified atom stereocenters. The predicted octanol–water partition coefficient (Wildman–Crippen LogP) is 2.27. The molecule has 0 aliphatic heterocycles. The van der Waals surface area contributed by atoms with Crippen LogP contribution in [-0.4, -0.2) is 26.8 Å². The summed E-state index contributed by atoms with van der Waals surface area (Å²) in [4.78, 5) is 28.6. The average molecular weight is 287 g/mol. The molecule has 0 fully saturated rings. The number of aromatic carboxylic acids is 1. The first-order valence-electron chi connectivity index (χ1n) is 4.87. The lowest BCUT2D eigenvalue weighted by Crippen LogP contribution is -2.10. The van der Waals surface area contributed by atoms with Crippen LogP contribution in [0.3, 0.4) is 0 Å². The first kappa shape index (κ1) is 13.2. The van der Waals surface area contributed by atoms with Crippen LogP contribution in [-0.2, 0) is 0 Å². The number of ketones is 1. The third-order valence-corrected chi connectivity index (χ3v) is 2.64. The van der Waals surface area contributed by atoms with E-state index < -0.39 is 34.8 Å². The van der Waals surface area contributed by atoms with E-state index in [4.69, 9.17) is 16.7 Å². The number of nitrogens with one attached hydrogen (secondary N) is 1. The Morgan fingerprint density at radius 3 is 2.53 bits per heavy atom. The van der Waals surface area contributed by atoms with Gasteiger partial charge in [0.05, 0.1) is 11.3 Å². The molecule has 98 valence electrons. The normalized spacial score (nSPS) is 10.5. The van der Waals surface area contributed by atoms with Gasteiger partial charge in [-0.2, -0.15) is 0 Å². The second kappa shape index (κ2) is 4.77. The van der Waals surface area contributed by atoms with Gasteiger partial charge in [0, 0.05) is 5.56 Å². The largest absolute Gasteiger partial charge is 0.477 e. The summed E-state index contributed by atoms with van der Waals surface area (Å²) in [7, 11) is 0. The van der Waals surface area contributed by atoms with Gasteiger partial charge in [-0.05, 0) is 12.1 Å². The zero-order valence-corrected chi connectivity index (χ0v) is 9.83. The smallest absolute Gasteiger partial charge is 0.354 e. The number of nitrogens with zero attached hydrogens (tertiary/aromatic N) is 1. The average Bonchev–Trinajstić information content (AvgIpc) is 2.82. The number of aromatic nitrogens is 2. The Kier molecular flexibility index (Phi) is 3.30. The number of halogens is 3. The minimum absolute atomic E-state index is 0.330. The Hall–Kier alpha value is -2.28. The molecule has 0 aliphatic rings. The summed E-state index contributed by atoms with van der Waals surface area (Å²) >= 11 is 5.63. The van der Waals surface area contributed by atoms with Crippen LogP contribution in [0.25, 0.3) is 0 Å². The highest BCUT2D eigenvalue weighted by molar-refractivity contribution is 6.35. The van der Waals surface area contributed by atoms with Crippen molar-refractivity contribution >= 4 is 23.4 Å². The fourth-order valence-corrected chi connectivity index (χ4v) is 1.69. The first-order chi connectivity index (χ1) is 8.91. The lowest BCUT2D eigenvalue weighted by Gasteiger charge is -2.03. The van der Waals surface area contributed by atoms with Gasteiger partial charge in [0.2, 0.25) is 5.78 Å². The Balaban J connectivity index is 2.53. The molecule has 0 bridgehead atoms. The van der Waals surface area contributed by atoms with Crippen molar-refractivity contribution in [1.29, 1.82) is 0 Å². The number of carbonyl (C=O) groups excluding carboxylic acids is 1. The summed E-state index contributed by atoms with van der Waals surface area (Å²) in [5, 5.41) is 8.50. The van der Waals surface area contributed by atoms with Crippen molar-refractivity contribution in [3.05, 3.63) is 52.1 Å². The third-order valence-electron chi connectivity index (χ3n) is 2.32. The maximum atomic E-state index is 13.1. The molecule has 2 aromatic rings. The summed E-state index contributed by atoms with van der Waals surface area (Å²) in [6, 6.07) is 1.23. The molecule has 19 heavy (non-hydrogen) atoms. The topological polar surface area (TPSA) is 83.0 Å². The quantitative estimate of drug-likeness (QED) is 0.670. The molecular weight excluding hydrogens is 282 g/mol. The van der Waals surface area contributed by atoms with Crippen molar-refractivity contribution < 1.29 is 23.5 Å². The third kappa shape index (κ3) is 2.32. The molecule has 0 amide bonds. The van der Waals surface area contributed by atoms with Gasteiger partial charge >= 0.3 is 5.97 Å². The van der Waals surface area contributed by atoms with Gasteiger partial charge in [-0.25, -0.2) is 18.6 Å². The highest BCUT2D eigenvalue weighted by Crippen LogP contribution is 2.23. The van der Waals surface area contributed by atoms with Gasteiger partial charge in [0.25, 0.3) is 0 Å². The van der Waals surface area contributed by atoms with E-state index in [9.17, 15) is 18.4 Å². The lowest BCUT2D eigenvalue weighted by atomic mass is 10.1. The van der Waals surface area contributed by atoms with Crippen LogP contribution in [0.4, 0.5) is 8.78 Å². The second-order valence-electron chi connectivity index (χ2n) is 3.51. The summed E-state index contributed by atoms with van der Waals surface area (Å²) in [5.74, 6) is -4.79. The van der Waals surface area contributed by atoms with Crippen LogP contribution in [0.5, 0.6) is 0 Å². The molecule has 2 rings (SSSR count). The predicted molar refractivity (Wildman–Crippen MR) is 60.3 cm³/mol. The molecular formula is C11H5ClF2N2O3. The molecule has 1 aromatic heterocycles. The van der Waals surface area contributed by atoms with Crippen LogP contribution in [0.2, 0.25) is 5.02 Å². The van der Waals surface area contributed by atoms with Crippen LogP contribution < -0.4 is 0 Å². The minimum atomic E-state index is -1.40. The number of hydrogen-bond acceptors (Lipinski definition) is 3. The zero-order valence-electron chi connectivity index (χ0n) is 9.08. The van der Waals surface area contributed by atoms with Crippen LogP contribution in [0, 0.1) is 11.6 Å². The monoisotopic (exact) mass is 286 g/mol. The number of imidazole rings is 1. The van der Waals surface area contributed by atoms with E-state index in [1.165, 1.54) is 0 Å². The lowest BCUT2D eigenvalue weighted by molar-refractivity contribution is 0.0687. The van der Waals surface area contributed by atoms with E-state index in [0.717, 1.165) is 6.33 Å². The molecule has 0 radical (unpaired) electrons. The molecule has 5 nitrogen and oxygen atoms in total. The summed E-state index contributed by atoms with van der Waals surface area (Å²) in [6.45, 7) is 0. The maximum Gasteiger partial charge on any atom is 0.354 e. The number of rotatable bonds is 3. The Labute approximate surface area is 109 Å². The highest BCUT2D eigenvalue weighted by atomic mass is 35.5. The Morgan fingerprint density at radius 2 is 1.89 bits per heavy atom. The number of benzene rings is 1. The number of hydrogen-bond donors (Lipinski definition) is 2. The van der Waals surface area contributed by atoms with Gasteiger partial charge in [-0.15, -0.1) is 0 Å². The van der Waals surface area contributed by atoms with E-state index in [1.54, 1.807) is 0 Å². The molecule has 1 heterocycles. The van der Waals surface area contributed by atoms with Crippen molar-refractivity contribution in [2.24, 2.45) is 0 Å². The Morgan fingerprint density at radius 1 is 1.26 bits per heavy atom. The molecule has 0 saturated heterocycles. The fourth-order valence-electron chi connectivity index (χ4n) is 1.45. The van der Waals surface area contributed by atoms with Crippen molar-refractivity contribution in [3.8, 4) is 0 Å². The standard InChI is InChI=1S/C11H5ClF2N2O3/c12-5-2-7(14)6(13)1-4(5)10(17)8-9(11(18)19)16-3-15-8/h1-3H,(H,15,16)(H,18,19). The number of carbonyl (C=O) groups is 2. The van der Waals surface area contributed by atoms with E-state index in [1.807, 2.05) is 0 Å². The summed E-state index contributed by atoms with van der Waals surface area (Å²) in [6.07, 6.45) is 1.00. The van der Waals surface area contributed by atoms with Gasteiger partial charge in [-0.3, -0.25) is 4.79 Å². The SMILES string of the molecule is O=C(c1cc(F)c(F)cc1Cl)c1nc[nH]c1C(=O)O. The molecule has 8 heteroatoms. The van der Waals surface area contributed by atoms with Crippen molar-refractivity contribution in [2.45, 2.75) is 0 Å². The zero-order chi connectivity index (χ0) is 14.2. The molecule has 0 spiro atoms. The molecule has 2 N–H and O–H groups in total. The molecule has 0 atom stereocenters.